The number of benzene rings is 1. The molecule has 1 aliphatic heterocycles. The van der Waals surface area contributed by atoms with Crippen LogP contribution in [0.25, 0.3) is 0 Å². The molecule has 4 nitrogen and oxygen atoms in total. The molecule has 1 saturated heterocycles. The molecule has 0 unspecified atom stereocenters. The van der Waals surface area contributed by atoms with Gasteiger partial charge in [0.25, 0.3) is 0 Å². The summed E-state index contributed by atoms with van der Waals surface area (Å²) in [5.41, 5.74) is -0.259. The van der Waals surface area contributed by atoms with Crippen LogP contribution >= 0.6 is 0 Å². The SMILES string of the molecule is COC(=O)c1cc(F)c(N2CCC(CO)CC2)c(F)c1. The fourth-order valence-corrected chi connectivity index (χ4v) is 2.44. The number of esters is 1. The van der Waals surface area contributed by atoms with E-state index in [1.807, 2.05) is 0 Å². The molecular weight excluding hydrogens is 268 g/mol. The summed E-state index contributed by atoms with van der Waals surface area (Å²) in [5, 5.41) is 9.06. The molecule has 0 aromatic heterocycles. The van der Waals surface area contributed by atoms with Crippen molar-refractivity contribution in [2.45, 2.75) is 12.8 Å². The highest BCUT2D eigenvalue weighted by atomic mass is 19.1. The van der Waals surface area contributed by atoms with Crippen LogP contribution in [0.2, 0.25) is 0 Å². The summed E-state index contributed by atoms with van der Waals surface area (Å²) in [4.78, 5) is 12.9. The topological polar surface area (TPSA) is 49.8 Å². The van der Waals surface area contributed by atoms with Gasteiger partial charge in [-0.2, -0.15) is 0 Å². The van der Waals surface area contributed by atoms with Crippen molar-refractivity contribution >= 4 is 11.7 Å². The Balaban J connectivity index is 2.23. The van der Waals surface area contributed by atoms with Crippen LogP contribution in [0.5, 0.6) is 0 Å². The number of halogens is 2. The van der Waals surface area contributed by atoms with E-state index in [4.69, 9.17) is 5.11 Å². The second kappa shape index (κ2) is 6.17. The molecule has 0 radical (unpaired) electrons. The van der Waals surface area contributed by atoms with Crippen LogP contribution in [0.3, 0.4) is 0 Å². The minimum absolute atomic E-state index is 0.0973. The Bertz CT molecular complexity index is 476. The van der Waals surface area contributed by atoms with E-state index in [1.165, 1.54) is 0 Å². The lowest BCUT2D eigenvalue weighted by atomic mass is 9.97. The Morgan fingerprint density at radius 1 is 1.35 bits per heavy atom. The number of hydrogen-bond donors (Lipinski definition) is 1. The van der Waals surface area contributed by atoms with Gasteiger partial charge in [-0.05, 0) is 30.9 Å². The average Bonchev–Trinajstić information content (AvgIpc) is 2.46. The standard InChI is InChI=1S/C14H17F2NO3/c1-20-14(19)10-6-11(15)13(12(16)7-10)17-4-2-9(8-18)3-5-17/h6-7,9,18H,2-5,8H2,1H3. The normalized spacial score (nSPS) is 16.3. The van der Waals surface area contributed by atoms with E-state index >= 15 is 0 Å². The minimum atomic E-state index is -0.771. The summed E-state index contributed by atoms with van der Waals surface area (Å²) in [6.45, 7) is 1.06. The van der Waals surface area contributed by atoms with Crippen molar-refractivity contribution in [2.75, 3.05) is 31.7 Å². The van der Waals surface area contributed by atoms with E-state index in [0.29, 0.717) is 25.9 Å². The predicted octanol–water partition coefficient (Wildman–Crippen LogP) is 1.96. The molecule has 1 aromatic rings. The number of aliphatic hydroxyl groups excluding tert-OH is 1. The lowest BCUT2D eigenvalue weighted by Gasteiger charge is -2.33. The average molecular weight is 285 g/mol. The van der Waals surface area contributed by atoms with Gasteiger partial charge >= 0.3 is 5.97 Å². The van der Waals surface area contributed by atoms with Crippen LogP contribution in [-0.2, 0) is 4.74 Å². The first-order chi connectivity index (χ1) is 9.56. The van der Waals surface area contributed by atoms with Gasteiger partial charge in [-0.25, -0.2) is 13.6 Å². The molecule has 0 saturated carbocycles. The van der Waals surface area contributed by atoms with Gasteiger partial charge in [0.15, 0.2) is 0 Å². The van der Waals surface area contributed by atoms with Crippen molar-refractivity contribution in [3.63, 3.8) is 0 Å². The maximum Gasteiger partial charge on any atom is 0.338 e. The molecule has 0 spiro atoms. The second-order valence-electron chi connectivity index (χ2n) is 4.89. The van der Waals surface area contributed by atoms with Crippen LogP contribution < -0.4 is 4.90 Å². The number of ether oxygens (including phenoxy) is 1. The maximum absolute atomic E-state index is 14.0. The summed E-state index contributed by atoms with van der Waals surface area (Å²) in [6.07, 6.45) is 1.38. The van der Waals surface area contributed by atoms with Gasteiger partial charge in [0.2, 0.25) is 0 Å². The molecular formula is C14H17F2NO3. The number of aliphatic hydroxyl groups is 1. The number of rotatable bonds is 3. The van der Waals surface area contributed by atoms with Gasteiger partial charge in [0.1, 0.15) is 17.3 Å². The van der Waals surface area contributed by atoms with Crippen molar-refractivity contribution in [2.24, 2.45) is 5.92 Å². The monoisotopic (exact) mass is 285 g/mol. The molecule has 1 heterocycles. The summed E-state index contributed by atoms with van der Waals surface area (Å²) < 4.78 is 32.5. The third-order valence-electron chi connectivity index (χ3n) is 3.63. The molecule has 1 fully saturated rings. The van der Waals surface area contributed by atoms with Crippen molar-refractivity contribution in [3.05, 3.63) is 29.3 Å². The van der Waals surface area contributed by atoms with Crippen molar-refractivity contribution in [1.29, 1.82) is 0 Å². The Labute approximate surface area is 116 Å². The van der Waals surface area contributed by atoms with Crippen molar-refractivity contribution in [3.8, 4) is 0 Å². The predicted molar refractivity (Wildman–Crippen MR) is 69.7 cm³/mol. The maximum atomic E-state index is 14.0. The second-order valence-corrected chi connectivity index (χ2v) is 4.89. The van der Waals surface area contributed by atoms with Crippen LogP contribution in [0.15, 0.2) is 12.1 Å². The highest BCUT2D eigenvalue weighted by molar-refractivity contribution is 5.89. The Morgan fingerprint density at radius 2 is 1.90 bits per heavy atom. The van der Waals surface area contributed by atoms with Crippen molar-refractivity contribution < 1.29 is 23.4 Å². The molecule has 1 aliphatic rings. The summed E-state index contributed by atoms with van der Waals surface area (Å²) >= 11 is 0. The van der Waals surface area contributed by atoms with E-state index in [0.717, 1.165) is 19.2 Å². The third kappa shape index (κ3) is 2.90. The molecule has 6 heteroatoms. The summed E-state index contributed by atoms with van der Waals surface area (Å²) in [7, 11) is 1.16. The van der Waals surface area contributed by atoms with Crippen molar-refractivity contribution in [1.82, 2.24) is 0 Å². The van der Waals surface area contributed by atoms with E-state index in [9.17, 15) is 13.6 Å². The molecule has 1 N–H and O–H groups in total. The molecule has 0 amide bonds. The number of carbonyl (C=O) groups is 1. The van der Waals surface area contributed by atoms with E-state index in [1.54, 1.807) is 4.90 Å². The lowest BCUT2D eigenvalue weighted by molar-refractivity contribution is 0.0599. The van der Waals surface area contributed by atoms with Crippen LogP contribution in [0, 0.1) is 17.6 Å². The first-order valence-electron chi connectivity index (χ1n) is 6.50. The Kier molecular flexibility index (Phi) is 4.54. The molecule has 0 aliphatic carbocycles. The molecule has 0 bridgehead atoms. The van der Waals surface area contributed by atoms with E-state index in [2.05, 4.69) is 4.74 Å². The number of methoxy groups -OCH3 is 1. The van der Waals surface area contributed by atoms with E-state index in [-0.39, 0.29) is 23.8 Å². The molecule has 0 atom stereocenters. The highest BCUT2D eigenvalue weighted by Crippen LogP contribution is 2.29. The number of hydrogen-bond acceptors (Lipinski definition) is 4. The third-order valence-corrected chi connectivity index (χ3v) is 3.63. The molecule has 1 aromatic carbocycles. The summed E-state index contributed by atoms with van der Waals surface area (Å²) in [5.74, 6) is -2.12. The molecule has 110 valence electrons. The fourth-order valence-electron chi connectivity index (χ4n) is 2.44. The Morgan fingerprint density at radius 3 is 2.35 bits per heavy atom. The van der Waals surface area contributed by atoms with Gasteiger partial charge in [-0.3, -0.25) is 0 Å². The zero-order valence-electron chi connectivity index (χ0n) is 11.2. The number of piperidine rings is 1. The van der Waals surface area contributed by atoms with Gasteiger partial charge < -0.3 is 14.7 Å². The Hall–Kier alpha value is -1.69. The van der Waals surface area contributed by atoms with Crippen LogP contribution in [-0.4, -0.2) is 37.9 Å². The first kappa shape index (κ1) is 14.7. The zero-order valence-corrected chi connectivity index (χ0v) is 11.2. The van der Waals surface area contributed by atoms with Crippen LogP contribution in [0.1, 0.15) is 23.2 Å². The largest absolute Gasteiger partial charge is 0.465 e. The fraction of sp³-hybridized carbons (Fsp3) is 0.500. The number of anilines is 1. The van der Waals surface area contributed by atoms with Gasteiger partial charge in [0, 0.05) is 19.7 Å². The zero-order chi connectivity index (χ0) is 14.7. The lowest BCUT2D eigenvalue weighted by Crippen LogP contribution is -2.36. The van der Waals surface area contributed by atoms with E-state index < -0.39 is 17.6 Å². The minimum Gasteiger partial charge on any atom is -0.465 e. The highest BCUT2D eigenvalue weighted by Gasteiger charge is 2.24. The summed E-state index contributed by atoms with van der Waals surface area (Å²) in [6, 6.07) is 1.98. The van der Waals surface area contributed by atoms with Gasteiger partial charge in [0.05, 0.1) is 12.7 Å². The first-order valence-corrected chi connectivity index (χ1v) is 6.50. The van der Waals surface area contributed by atoms with Gasteiger partial charge in [-0.1, -0.05) is 0 Å². The molecule has 2 rings (SSSR count). The quantitative estimate of drug-likeness (QED) is 0.863. The number of carbonyl (C=O) groups excluding carboxylic acids is 1. The molecule has 20 heavy (non-hydrogen) atoms. The van der Waals surface area contributed by atoms with Gasteiger partial charge in [-0.15, -0.1) is 0 Å². The number of nitrogens with zero attached hydrogens (tertiary/aromatic N) is 1. The van der Waals surface area contributed by atoms with Crippen LogP contribution in [0.4, 0.5) is 14.5 Å². The smallest absolute Gasteiger partial charge is 0.338 e.